The molecule has 6 heteroatoms. The molecule has 0 N–H and O–H groups in total. The van der Waals surface area contributed by atoms with Crippen molar-refractivity contribution in [3.05, 3.63) is 72.9 Å². The van der Waals surface area contributed by atoms with Gasteiger partial charge in [-0.15, -0.1) is 0 Å². The van der Waals surface area contributed by atoms with Crippen LogP contribution >= 0.6 is 0 Å². The smallest absolute Gasteiger partial charge is 0.306 e. The van der Waals surface area contributed by atoms with Crippen LogP contribution in [0.4, 0.5) is 0 Å². The number of allylic oxidation sites excluding steroid dienone is 12. The highest BCUT2D eigenvalue weighted by Gasteiger charge is 2.19. The van der Waals surface area contributed by atoms with Gasteiger partial charge in [-0.3, -0.25) is 14.4 Å². The van der Waals surface area contributed by atoms with Crippen LogP contribution in [0.3, 0.4) is 0 Å². The van der Waals surface area contributed by atoms with Crippen LogP contribution in [0.1, 0.15) is 348 Å². The van der Waals surface area contributed by atoms with Crippen LogP contribution < -0.4 is 0 Å². The molecule has 452 valence electrons. The Bertz CT molecular complexity index is 1440. The lowest BCUT2D eigenvalue weighted by atomic mass is 10.0. The van der Waals surface area contributed by atoms with Crippen molar-refractivity contribution in [1.29, 1.82) is 0 Å². The number of esters is 3. The Morgan fingerprint density at radius 2 is 0.500 bits per heavy atom. The van der Waals surface area contributed by atoms with E-state index in [9.17, 15) is 14.4 Å². The summed E-state index contributed by atoms with van der Waals surface area (Å²) in [6.45, 7) is 6.56. The summed E-state index contributed by atoms with van der Waals surface area (Å²) < 4.78 is 17.0. The molecular weight excluding hydrogens is 961 g/mol. The number of unbranched alkanes of at least 4 members (excludes halogenated alkanes) is 39. The van der Waals surface area contributed by atoms with Crippen LogP contribution in [0.2, 0.25) is 0 Å². The molecule has 0 aliphatic heterocycles. The Morgan fingerprint density at radius 1 is 0.269 bits per heavy atom. The van der Waals surface area contributed by atoms with Crippen molar-refractivity contribution in [2.75, 3.05) is 13.2 Å². The summed E-state index contributed by atoms with van der Waals surface area (Å²) in [4.78, 5) is 38.4. The topological polar surface area (TPSA) is 78.9 Å². The molecule has 0 saturated heterocycles. The second-order valence-electron chi connectivity index (χ2n) is 22.7. The van der Waals surface area contributed by atoms with Gasteiger partial charge in [0, 0.05) is 19.3 Å². The lowest BCUT2D eigenvalue weighted by molar-refractivity contribution is -0.167. The van der Waals surface area contributed by atoms with Gasteiger partial charge in [-0.05, 0) is 70.6 Å². The highest BCUT2D eigenvalue weighted by molar-refractivity contribution is 5.71. The van der Waals surface area contributed by atoms with E-state index in [1.54, 1.807) is 0 Å². The largest absolute Gasteiger partial charge is 0.462 e. The molecule has 0 heterocycles. The maximum Gasteiger partial charge on any atom is 0.306 e. The number of rotatable bonds is 62. The highest BCUT2D eigenvalue weighted by atomic mass is 16.6. The SMILES string of the molecule is CC/C=C\C/C=C\C/C=C\C/C=C\C/C=C\C/C=C\CCCCCCC(=O)OCC(COC(=O)CCCCCCCCCCCCCCCCC)OC(=O)CCCCCCCCCCCCCCCCCCCCCCCC. The zero-order chi connectivity index (χ0) is 56.4. The summed E-state index contributed by atoms with van der Waals surface area (Å²) in [5.41, 5.74) is 0. The molecule has 0 rings (SSSR count). The lowest BCUT2D eigenvalue weighted by Crippen LogP contribution is -2.30. The zero-order valence-electron chi connectivity index (χ0n) is 51.9. The third-order valence-corrected chi connectivity index (χ3v) is 15.0. The zero-order valence-corrected chi connectivity index (χ0v) is 51.9. The number of carbonyl (C=O) groups is 3. The standard InChI is InChI=1S/C72H128O6/c1-4-7-10-13-16-19-22-25-28-30-32-34-36-38-39-41-44-47-50-53-56-59-62-65-71(74)77-68-69(67-76-70(73)64-61-58-55-52-49-46-43-27-24-21-18-15-12-9-6-3)78-72(75)66-63-60-57-54-51-48-45-42-40-37-35-33-31-29-26-23-20-17-14-11-8-5-2/h7,10,16,19,25,28,32,34,38-39,44,47,69H,4-6,8-9,11-15,17-18,20-24,26-27,29-31,33,35-37,40-43,45-46,48-68H2,1-3H3/b10-7-,19-16-,28-25-,34-32-,39-38-,47-44-. The summed E-state index contributed by atoms with van der Waals surface area (Å²) >= 11 is 0. The first-order valence-corrected chi connectivity index (χ1v) is 33.9. The average molecular weight is 1090 g/mol. The molecule has 0 aromatic carbocycles. The van der Waals surface area contributed by atoms with E-state index in [2.05, 4.69) is 93.7 Å². The summed E-state index contributed by atoms with van der Waals surface area (Å²) in [6, 6.07) is 0. The first-order valence-electron chi connectivity index (χ1n) is 33.9. The average Bonchev–Trinajstić information content (AvgIpc) is 3.44. The number of hydrogen-bond acceptors (Lipinski definition) is 6. The van der Waals surface area contributed by atoms with E-state index >= 15 is 0 Å². The van der Waals surface area contributed by atoms with Crippen molar-refractivity contribution >= 4 is 17.9 Å². The van der Waals surface area contributed by atoms with Crippen molar-refractivity contribution < 1.29 is 28.6 Å². The molecule has 1 unspecified atom stereocenters. The van der Waals surface area contributed by atoms with Gasteiger partial charge in [-0.2, -0.15) is 0 Å². The van der Waals surface area contributed by atoms with Gasteiger partial charge in [-0.25, -0.2) is 0 Å². The summed E-state index contributed by atoms with van der Waals surface area (Å²) in [6.07, 6.45) is 86.3. The van der Waals surface area contributed by atoms with E-state index in [0.29, 0.717) is 19.3 Å². The van der Waals surface area contributed by atoms with Gasteiger partial charge >= 0.3 is 17.9 Å². The number of carbonyl (C=O) groups excluding carboxylic acids is 3. The van der Waals surface area contributed by atoms with Gasteiger partial charge in [0.15, 0.2) is 6.10 Å². The second kappa shape index (κ2) is 66.4. The normalized spacial score (nSPS) is 12.5. The van der Waals surface area contributed by atoms with Crippen LogP contribution in [-0.4, -0.2) is 37.2 Å². The first-order chi connectivity index (χ1) is 38.5. The maximum absolute atomic E-state index is 12.9. The predicted molar refractivity (Wildman–Crippen MR) is 339 cm³/mol. The van der Waals surface area contributed by atoms with Gasteiger partial charge in [0.1, 0.15) is 13.2 Å². The quantitative estimate of drug-likeness (QED) is 0.0261. The molecule has 0 amide bonds. The highest BCUT2D eigenvalue weighted by Crippen LogP contribution is 2.18. The van der Waals surface area contributed by atoms with Crippen LogP contribution in [-0.2, 0) is 28.6 Å². The first kappa shape index (κ1) is 74.8. The third-order valence-electron chi connectivity index (χ3n) is 15.0. The summed E-state index contributed by atoms with van der Waals surface area (Å²) in [5.74, 6) is -0.882. The van der Waals surface area contributed by atoms with Crippen molar-refractivity contribution in [2.45, 2.75) is 354 Å². The monoisotopic (exact) mass is 1090 g/mol. The fourth-order valence-corrected chi connectivity index (χ4v) is 9.92. The van der Waals surface area contributed by atoms with Gasteiger partial charge in [-0.1, -0.05) is 331 Å². The molecule has 78 heavy (non-hydrogen) atoms. The Balaban J connectivity index is 4.37. The van der Waals surface area contributed by atoms with Crippen LogP contribution in [0.5, 0.6) is 0 Å². The fourth-order valence-electron chi connectivity index (χ4n) is 9.92. The molecule has 0 radical (unpaired) electrons. The Kier molecular flexibility index (Phi) is 63.7. The van der Waals surface area contributed by atoms with Gasteiger partial charge < -0.3 is 14.2 Å². The van der Waals surface area contributed by atoms with Crippen molar-refractivity contribution in [1.82, 2.24) is 0 Å². The van der Waals surface area contributed by atoms with E-state index < -0.39 is 6.10 Å². The molecule has 0 spiro atoms. The van der Waals surface area contributed by atoms with Gasteiger partial charge in [0.2, 0.25) is 0 Å². The Hall–Kier alpha value is -3.15. The van der Waals surface area contributed by atoms with E-state index in [1.807, 2.05) is 0 Å². The fraction of sp³-hybridized carbons (Fsp3) is 0.792. The number of ether oxygens (including phenoxy) is 3. The van der Waals surface area contributed by atoms with Crippen LogP contribution in [0.15, 0.2) is 72.9 Å². The minimum Gasteiger partial charge on any atom is -0.462 e. The van der Waals surface area contributed by atoms with Gasteiger partial charge in [0.05, 0.1) is 0 Å². The molecule has 0 aromatic heterocycles. The minimum atomic E-state index is -0.785. The lowest BCUT2D eigenvalue weighted by Gasteiger charge is -2.18. The second-order valence-corrected chi connectivity index (χ2v) is 22.7. The molecule has 0 aromatic rings. The molecule has 0 saturated carbocycles. The third kappa shape index (κ3) is 63.7. The molecule has 0 aliphatic rings. The van der Waals surface area contributed by atoms with Crippen molar-refractivity contribution in [2.24, 2.45) is 0 Å². The van der Waals surface area contributed by atoms with E-state index in [4.69, 9.17) is 14.2 Å². The van der Waals surface area contributed by atoms with Crippen molar-refractivity contribution in [3.63, 3.8) is 0 Å². The van der Waals surface area contributed by atoms with Crippen molar-refractivity contribution in [3.8, 4) is 0 Å². The van der Waals surface area contributed by atoms with E-state index in [1.165, 1.54) is 199 Å². The van der Waals surface area contributed by atoms with Crippen LogP contribution in [0.25, 0.3) is 0 Å². The summed E-state index contributed by atoms with van der Waals surface area (Å²) in [7, 11) is 0. The molecule has 0 aliphatic carbocycles. The molecule has 6 nitrogen and oxygen atoms in total. The minimum absolute atomic E-state index is 0.0788. The van der Waals surface area contributed by atoms with E-state index in [0.717, 1.165) is 109 Å². The van der Waals surface area contributed by atoms with E-state index in [-0.39, 0.29) is 31.1 Å². The number of hydrogen-bond donors (Lipinski definition) is 0. The molecular formula is C72H128O6. The van der Waals surface area contributed by atoms with Crippen LogP contribution in [0, 0.1) is 0 Å². The summed E-state index contributed by atoms with van der Waals surface area (Å²) in [5, 5.41) is 0. The predicted octanol–water partition coefficient (Wildman–Crippen LogP) is 23.3. The molecule has 0 fully saturated rings. The maximum atomic E-state index is 12.9. The van der Waals surface area contributed by atoms with Gasteiger partial charge in [0.25, 0.3) is 0 Å². The molecule has 0 bridgehead atoms. The Labute approximate surface area is 484 Å². The Morgan fingerprint density at radius 3 is 0.782 bits per heavy atom. The molecule has 1 atom stereocenters.